The van der Waals surface area contributed by atoms with Crippen LogP contribution in [0.4, 0.5) is 0 Å². The van der Waals surface area contributed by atoms with Crippen LogP contribution in [-0.2, 0) is 22.4 Å². The zero-order chi connectivity index (χ0) is 14.2. The van der Waals surface area contributed by atoms with Crippen LogP contribution in [0.15, 0.2) is 24.3 Å². The number of nitrogens with one attached hydrogen (secondary N) is 2. The third-order valence-electron chi connectivity index (χ3n) is 4.66. The molecule has 1 aromatic carbocycles. The summed E-state index contributed by atoms with van der Waals surface area (Å²) in [5.74, 6) is 0.0667. The number of para-hydroxylation sites is 1. The molecule has 110 valence electrons. The Morgan fingerprint density at radius 3 is 3.05 bits per heavy atom. The van der Waals surface area contributed by atoms with Crippen LogP contribution in [-0.4, -0.2) is 29.6 Å². The van der Waals surface area contributed by atoms with Gasteiger partial charge in [0.25, 0.3) is 0 Å². The molecule has 0 saturated carbocycles. The highest BCUT2D eigenvalue weighted by atomic mass is 16.5. The average Bonchev–Trinajstić information content (AvgIpc) is 3.14. The van der Waals surface area contributed by atoms with Crippen molar-refractivity contribution in [1.29, 1.82) is 0 Å². The van der Waals surface area contributed by atoms with Gasteiger partial charge in [0.15, 0.2) is 0 Å². The quantitative estimate of drug-likeness (QED) is 0.889. The van der Waals surface area contributed by atoms with Crippen molar-refractivity contribution in [2.45, 2.75) is 44.2 Å². The number of aryl methyl sites for hydroxylation is 1. The van der Waals surface area contributed by atoms with E-state index in [9.17, 15) is 4.79 Å². The van der Waals surface area contributed by atoms with E-state index in [1.165, 1.54) is 22.2 Å². The molecule has 1 aromatic heterocycles. The second-order valence-electron chi connectivity index (χ2n) is 6.08. The van der Waals surface area contributed by atoms with Crippen LogP contribution in [0.3, 0.4) is 0 Å². The Morgan fingerprint density at radius 2 is 2.19 bits per heavy atom. The van der Waals surface area contributed by atoms with Crippen molar-refractivity contribution in [3.8, 4) is 0 Å². The van der Waals surface area contributed by atoms with Crippen molar-refractivity contribution in [2.75, 3.05) is 6.61 Å². The highest BCUT2D eigenvalue weighted by Crippen LogP contribution is 2.29. The van der Waals surface area contributed by atoms with E-state index in [-0.39, 0.29) is 18.1 Å². The van der Waals surface area contributed by atoms with E-state index in [2.05, 4.69) is 34.6 Å². The fraction of sp³-hybridized carbons (Fsp3) is 0.471. The topological polar surface area (TPSA) is 54.1 Å². The molecule has 1 aliphatic carbocycles. The lowest BCUT2D eigenvalue weighted by Crippen LogP contribution is -2.43. The first-order valence-corrected chi connectivity index (χ1v) is 7.82. The summed E-state index contributed by atoms with van der Waals surface area (Å²) in [5, 5.41) is 4.49. The maximum Gasteiger partial charge on any atom is 0.249 e. The standard InChI is InChI=1S/C17H20N2O2/c20-17(16-6-3-9-21-16)18-11-7-8-13-12-4-1-2-5-14(12)19-15(13)10-11/h1-2,4-5,11,16,19H,3,6-10H2,(H,18,20). The number of ether oxygens (including phenoxy) is 1. The molecule has 4 nitrogen and oxygen atoms in total. The zero-order valence-electron chi connectivity index (χ0n) is 12.0. The van der Waals surface area contributed by atoms with Crippen molar-refractivity contribution < 1.29 is 9.53 Å². The van der Waals surface area contributed by atoms with Crippen LogP contribution in [0, 0.1) is 0 Å². The molecule has 2 atom stereocenters. The van der Waals surface area contributed by atoms with E-state index >= 15 is 0 Å². The van der Waals surface area contributed by atoms with Crippen LogP contribution < -0.4 is 5.32 Å². The molecule has 21 heavy (non-hydrogen) atoms. The number of carbonyl (C=O) groups excluding carboxylic acids is 1. The number of carbonyl (C=O) groups is 1. The van der Waals surface area contributed by atoms with Gasteiger partial charge in [0.2, 0.25) is 5.91 Å². The van der Waals surface area contributed by atoms with E-state index in [1.807, 2.05) is 0 Å². The number of rotatable bonds is 2. The Labute approximate surface area is 123 Å². The normalized spacial score (nSPS) is 25.0. The molecule has 1 amide bonds. The van der Waals surface area contributed by atoms with Gasteiger partial charge in [-0.3, -0.25) is 4.79 Å². The maximum absolute atomic E-state index is 12.2. The Bertz CT molecular complexity index is 670. The fourth-order valence-corrected chi connectivity index (χ4v) is 3.58. The van der Waals surface area contributed by atoms with E-state index < -0.39 is 0 Å². The van der Waals surface area contributed by atoms with Crippen molar-refractivity contribution in [1.82, 2.24) is 10.3 Å². The van der Waals surface area contributed by atoms with Crippen LogP contribution in [0.1, 0.15) is 30.5 Å². The number of benzene rings is 1. The van der Waals surface area contributed by atoms with Crippen LogP contribution in [0.2, 0.25) is 0 Å². The Balaban J connectivity index is 1.50. The molecule has 1 fully saturated rings. The molecule has 2 aliphatic rings. The minimum absolute atomic E-state index is 0.0667. The van der Waals surface area contributed by atoms with E-state index in [0.29, 0.717) is 0 Å². The zero-order valence-corrected chi connectivity index (χ0v) is 12.0. The lowest BCUT2D eigenvalue weighted by atomic mass is 9.91. The van der Waals surface area contributed by atoms with Gasteiger partial charge in [0.1, 0.15) is 6.10 Å². The third kappa shape index (κ3) is 2.33. The third-order valence-corrected chi connectivity index (χ3v) is 4.66. The van der Waals surface area contributed by atoms with Gasteiger partial charge < -0.3 is 15.0 Å². The number of aromatic nitrogens is 1. The molecule has 2 heterocycles. The predicted octanol–water partition coefficient (Wildman–Crippen LogP) is 2.32. The molecule has 0 spiro atoms. The van der Waals surface area contributed by atoms with E-state index in [1.54, 1.807) is 0 Å². The van der Waals surface area contributed by atoms with Gasteiger partial charge in [-0.1, -0.05) is 18.2 Å². The molecule has 4 rings (SSSR count). The van der Waals surface area contributed by atoms with Gasteiger partial charge >= 0.3 is 0 Å². The van der Waals surface area contributed by atoms with Gasteiger partial charge in [-0.2, -0.15) is 0 Å². The summed E-state index contributed by atoms with van der Waals surface area (Å²) in [6, 6.07) is 8.66. The minimum atomic E-state index is -0.228. The van der Waals surface area contributed by atoms with Gasteiger partial charge in [-0.25, -0.2) is 0 Å². The monoisotopic (exact) mass is 284 g/mol. The number of hydrogen-bond acceptors (Lipinski definition) is 2. The first-order chi connectivity index (χ1) is 10.3. The molecule has 2 aromatic rings. The lowest BCUT2D eigenvalue weighted by molar-refractivity contribution is -0.130. The summed E-state index contributed by atoms with van der Waals surface area (Å²) in [6.45, 7) is 0.717. The van der Waals surface area contributed by atoms with Gasteiger partial charge in [-0.05, 0) is 37.3 Å². The molecule has 0 radical (unpaired) electrons. The molecule has 2 N–H and O–H groups in total. The van der Waals surface area contributed by atoms with Crippen LogP contribution >= 0.6 is 0 Å². The molecular formula is C17H20N2O2. The summed E-state index contributed by atoms with van der Waals surface area (Å²) in [6.07, 6.45) is 4.55. The van der Waals surface area contributed by atoms with Gasteiger partial charge in [-0.15, -0.1) is 0 Å². The maximum atomic E-state index is 12.2. The summed E-state index contributed by atoms with van der Waals surface area (Å²) < 4.78 is 5.45. The predicted molar refractivity (Wildman–Crippen MR) is 81.2 cm³/mol. The van der Waals surface area contributed by atoms with Gasteiger partial charge in [0, 0.05) is 35.7 Å². The molecule has 1 aliphatic heterocycles. The number of H-pyrrole nitrogens is 1. The summed E-state index contributed by atoms with van der Waals surface area (Å²) in [7, 11) is 0. The fourth-order valence-electron chi connectivity index (χ4n) is 3.58. The summed E-state index contributed by atoms with van der Waals surface area (Å²) in [5.41, 5.74) is 3.90. The number of fused-ring (bicyclic) bond motifs is 3. The van der Waals surface area contributed by atoms with Crippen LogP contribution in [0.5, 0.6) is 0 Å². The highest BCUT2D eigenvalue weighted by Gasteiger charge is 2.28. The van der Waals surface area contributed by atoms with Crippen LogP contribution in [0.25, 0.3) is 10.9 Å². The number of amides is 1. The second-order valence-corrected chi connectivity index (χ2v) is 6.08. The summed E-state index contributed by atoms with van der Waals surface area (Å²) >= 11 is 0. The van der Waals surface area contributed by atoms with Crippen molar-refractivity contribution in [2.24, 2.45) is 0 Å². The average molecular weight is 284 g/mol. The van der Waals surface area contributed by atoms with E-state index in [0.717, 1.165) is 38.7 Å². The molecule has 4 heteroatoms. The molecular weight excluding hydrogens is 264 g/mol. The number of hydrogen-bond donors (Lipinski definition) is 2. The highest BCUT2D eigenvalue weighted by molar-refractivity contribution is 5.85. The van der Waals surface area contributed by atoms with Crippen molar-refractivity contribution >= 4 is 16.8 Å². The first-order valence-electron chi connectivity index (χ1n) is 7.82. The number of aromatic amines is 1. The lowest BCUT2D eigenvalue weighted by Gasteiger charge is -2.24. The Kier molecular flexibility index (Phi) is 3.19. The Hall–Kier alpha value is -1.81. The van der Waals surface area contributed by atoms with Gasteiger partial charge in [0.05, 0.1) is 0 Å². The van der Waals surface area contributed by atoms with E-state index in [4.69, 9.17) is 4.74 Å². The second kappa shape index (κ2) is 5.19. The first kappa shape index (κ1) is 12.9. The molecule has 1 saturated heterocycles. The Morgan fingerprint density at radius 1 is 1.29 bits per heavy atom. The largest absolute Gasteiger partial charge is 0.368 e. The summed E-state index contributed by atoms with van der Waals surface area (Å²) in [4.78, 5) is 15.7. The smallest absolute Gasteiger partial charge is 0.249 e. The SMILES string of the molecule is O=C(NC1CCc2c([nH]c3ccccc23)C1)C1CCCO1. The van der Waals surface area contributed by atoms with Crippen molar-refractivity contribution in [3.63, 3.8) is 0 Å². The van der Waals surface area contributed by atoms with Crippen molar-refractivity contribution in [3.05, 3.63) is 35.5 Å². The molecule has 2 unspecified atom stereocenters. The molecule has 0 bridgehead atoms. The minimum Gasteiger partial charge on any atom is -0.368 e.